The summed E-state index contributed by atoms with van der Waals surface area (Å²) in [5, 5.41) is 0.267. The van der Waals surface area contributed by atoms with Gasteiger partial charge < -0.3 is 9.16 Å². The number of hydrogen-bond acceptors (Lipinski definition) is 2. The Morgan fingerprint density at radius 2 is 1.51 bits per heavy atom. The molecule has 41 heavy (non-hydrogen) atoms. The van der Waals surface area contributed by atoms with Crippen molar-refractivity contribution in [2.24, 2.45) is 62.6 Å². The van der Waals surface area contributed by atoms with E-state index in [4.69, 9.17) is 9.16 Å². The molecule has 0 spiro atoms. The molecule has 0 aliphatic heterocycles. The first kappa shape index (κ1) is 32.3. The van der Waals surface area contributed by atoms with Crippen molar-refractivity contribution >= 4 is 8.32 Å². The normalized spacial score (nSPS) is 50.0. The van der Waals surface area contributed by atoms with Crippen LogP contribution in [-0.2, 0) is 9.16 Å². The highest BCUT2D eigenvalue weighted by Gasteiger charge is 2.71. The number of hydrogen-bond donors (Lipinski definition) is 0. The van der Waals surface area contributed by atoms with Gasteiger partial charge in [-0.25, -0.2) is 0 Å². The Morgan fingerprint density at radius 3 is 2.12 bits per heavy atom. The number of rotatable bonds is 6. The van der Waals surface area contributed by atoms with Gasteiger partial charge in [0.2, 0.25) is 0 Å². The lowest BCUT2D eigenvalue weighted by atomic mass is 9.32. The Kier molecular flexibility index (Phi) is 8.03. The molecule has 2 nitrogen and oxygen atoms in total. The second kappa shape index (κ2) is 10.2. The van der Waals surface area contributed by atoms with Crippen molar-refractivity contribution in [1.29, 1.82) is 0 Å². The van der Waals surface area contributed by atoms with E-state index in [1.807, 2.05) is 7.11 Å². The van der Waals surface area contributed by atoms with Crippen LogP contribution in [0.5, 0.6) is 0 Å². The molecular formula is C38H68O2Si. The molecule has 0 saturated heterocycles. The molecule has 236 valence electrons. The zero-order chi connectivity index (χ0) is 30.4. The number of fused-ring (bicyclic) bond motifs is 7. The lowest BCUT2D eigenvalue weighted by Gasteiger charge is -2.73. The summed E-state index contributed by atoms with van der Waals surface area (Å²) in [4.78, 5) is 0. The topological polar surface area (TPSA) is 18.5 Å². The zero-order valence-electron chi connectivity index (χ0n) is 29.5. The first-order valence-corrected chi connectivity index (χ1v) is 20.5. The zero-order valence-corrected chi connectivity index (χ0v) is 30.5. The maximum Gasteiger partial charge on any atom is 0.192 e. The van der Waals surface area contributed by atoms with Crippen molar-refractivity contribution in [3.8, 4) is 0 Å². The van der Waals surface area contributed by atoms with Crippen LogP contribution in [0.15, 0.2) is 12.2 Å². The highest BCUT2D eigenvalue weighted by molar-refractivity contribution is 6.74. The van der Waals surface area contributed by atoms with Crippen LogP contribution in [0.1, 0.15) is 127 Å². The van der Waals surface area contributed by atoms with Gasteiger partial charge in [0.1, 0.15) is 0 Å². The van der Waals surface area contributed by atoms with E-state index >= 15 is 0 Å². The fourth-order valence-corrected chi connectivity index (χ4v) is 13.7. The maximum absolute atomic E-state index is 7.10. The van der Waals surface area contributed by atoms with Crippen LogP contribution < -0.4 is 0 Å². The minimum atomic E-state index is -1.79. The quantitative estimate of drug-likeness (QED) is 0.228. The fourth-order valence-electron chi connectivity index (χ4n) is 12.6. The summed E-state index contributed by atoms with van der Waals surface area (Å²) in [6.07, 6.45) is 13.9. The van der Waals surface area contributed by atoms with Crippen LogP contribution in [0, 0.1) is 62.6 Å². The first-order valence-electron chi connectivity index (χ1n) is 17.6. The summed E-state index contributed by atoms with van der Waals surface area (Å²) in [5.74, 6) is 4.60. The summed E-state index contributed by atoms with van der Waals surface area (Å²) < 4.78 is 13.1. The van der Waals surface area contributed by atoms with Crippen LogP contribution >= 0.6 is 0 Å². The summed E-state index contributed by atoms with van der Waals surface area (Å²) >= 11 is 0. The Bertz CT molecular complexity index is 1010. The Labute approximate surface area is 256 Å². The number of allylic oxidation sites excluding steroid dienone is 1. The molecule has 5 saturated carbocycles. The lowest BCUT2D eigenvalue weighted by Crippen LogP contribution is -2.67. The summed E-state index contributed by atoms with van der Waals surface area (Å²) in [6, 6.07) is 0. The first-order chi connectivity index (χ1) is 18.8. The summed E-state index contributed by atoms with van der Waals surface area (Å²) in [7, 11) is 0.157. The van der Waals surface area contributed by atoms with Gasteiger partial charge in [-0.15, -0.1) is 0 Å². The third-order valence-corrected chi connectivity index (χ3v) is 21.0. The smallest absolute Gasteiger partial charge is 0.192 e. The molecule has 0 heterocycles. The van der Waals surface area contributed by atoms with Crippen LogP contribution in [-0.4, -0.2) is 28.6 Å². The van der Waals surface area contributed by atoms with E-state index in [2.05, 4.69) is 82.0 Å². The molecule has 0 bridgehead atoms. The summed E-state index contributed by atoms with van der Waals surface area (Å²) in [5.41, 5.74) is 3.36. The molecule has 5 aliphatic rings. The predicted molar refractivity (Wildman–Crippen MR) is 177 cm³/mol. The van der Waals surface area contributed by atoms with Crippen LogP contribution in [0.4, 0.5) is 0 Å². The third kappa shape index (κ3) is 4.49. The van der Waals surface area contributed by atoms with Crippen molar-refractivity contribution in [3.05, 3.63) is 12.2 Å². The number of ether oxygens (including phenoxy) is 1. The Morgan fingerprint density at radius 1 is 0.829 bits per heavy atom. The predicted octanol–water partition coefficient (Wildman–Crippen LogP) is 10.9. The van der Waals surface area contributed by atoms with Crippen LogP contribution in [0.25, 0.3) is 0 Å². The molecule has 5 aliphatic carbocycles. The van der Waals surface area contributed by atoms with E-state index in [1.165, 1.54) is 69.8 Å². The van der Waals surface area contributed by atoms with E-state index in [9.17, 15) is 0 Å². The van der Waals surface area contributed by atoms with Crippen molar-refractivity contribution in [1.82, 2.24) is 0 Å². The summed E-state index contributed by atoms with van der Waals surface area (Å²) in [6.45, 7) is 34.5. The van der Waals surface area contributed by atoms with Gasteiger partial charge >= 0.3 is 0 Å². The molecule has 3 heteroatoms. The highest BCUT2D eigenvalue weighted by atomic mass is 28.4. The van der Waals surface area contributed by atoms with E-state index in [0.29, 0.717) is 27.6 Å². The minimum Gasteiger partial charge on any atom is -0.416 e. The molecule has 0 aromatic carbocycles. The molecule has 0 aromatic heterocycles. The molecule has 0 amide bonds. The van der Waals surface area contributed by atoms with Crippen molar-refractivity contribution in [2.75, 3.05) is 20.3 Å². The van der Waals surface area contributed by atoms with Gasteiger partial charge in [0.15, 0.2) is 8.32 Å². The molecule has 4 unspecified atom stereocenters. The second-order valence-corrected chi connectivity index (χ2v) is 23.8. The second-order valence-electron chi connectivity index (χ2n) is 19.0. The lowest BCUT2D eigenvalue weighted by molar-refractivity contribution is -0.248. The Hall–Kier alpha value is -0.123. The molecule has 5 fully saturated rings. The van der Waals surface area contributed by atoms with Gasteiger partial charge in [0, 0.05) is 13.7 Å². The van der Waals surface area contributed by atoms with Gasteiger partial charge in [-0.05, 0) is 152 Å². The van der Waals surface area contributed by atoms with E-state index in [1.54, 1.807) is 0 Å². The third-order valence-electron chi connectivity index (χ3n) is 16.5. The van der Waals surface area contributed by atoms with Crippen molar-refractivity contribution < 1.29 is 9.16 Å². The SMILES string of the molecule is C=C(C)[C@@H]1CC[C@]2(COC)CC[C@]3(C)C(CCC4[C@@]5(C)CC[C@H](C)[C@@](C)(CO[Si](C)(C)C(C)(C)C)C5CC[C@]43C)C12. The molecule has 5 rings (SSSR count). The molecular weight excluding hydrogens is 517 g/mol. The molecule has 0 aromatic rings. The standard InChI is InChI=1S/C38H68O2Si/c1-26(2)28-17-21-38(25-39-11)23-22-36(9)29(32(28)38)14-15-31-34(7)19-16-27(3)35(8,30(34)18-20-37(31,36)10)24-40-41(12,13)33(4,5)6/h27-32H,1,14-25H2,2-13H3/t27-,28-,29?,30?,31?,32?,34-,35+,36+,37+,38+/m0/s1. The van der Waals surface area contributed by atoms with Crippen LogP contribution in [0.2, 0.25) is 18.1 Å². The maximum atomic E-state index is 7.10. The van der Waals surface area contributed by atoms with Crippen LogP contribution in [0.3, 0.4) is 0 Å². The largest absolute Gasteiger partial charge is 0.416 e. The van der Waals surface area contributed by atoms with Gasteiger partial charge in [0.05, 0.1) is 6.61 Å². The van der Waals surface area contributed by atoms with E-state index in [-0.39, 0.29) is 10.5 Å². The van der Waals surface area contributed by atoms with Gasteiger partial charge in [-0.3, -0.25) is 0 Å². The van der Waals surface area contributed by atoms with E-state index < -0.39 is 8.32 Å². The monoisotopic (exact) mass is 584 g/mol. The average molecular weight is 585 g/mol. The molecule has 0 N–H and O–H groups in total. The number of methoxy groups -OCH3 is 1. The van der Waals surface area contributed by atoms with E-state index in [0.717, 1.165) is 42.8 Å². The minimum absolute atomic E-state index is 0.267. The molecule has 11 atom stereocenters. The van der Waals surface area contributed by atoms with Crippen molar-refractivity contribution in [2.45, 2.75) is 145 Å². The Balaban J connectivity index is 1.48. The van der Waals surface area contributed by atoms with Gasteiger partial charge in [-0.2, -0.15) is 0 Å². The molecule has 0 radical (unpaired) electrons. The van der Waals surface area contributed by atoms with Gasteiger partial charge in [0.25, 0.3) is 0 Å². The van der Waals surface area contributed by atoms with Crippen molar-refractivity contribution in [3.63, 3.8) is 0 Å². The fraction of sp³-hybridized carbons (Fsp3) is 0.947. The average Bonchev–Trinajstić information content (AvgIpc) is 3.25. The van der Waals surface area contributed by atoms with Gasteiger partial charge in [-0.1, -0.05) is 67.5 Å². The highest BCUT2D eigenvalue weighted by Crippen LogP contribution is 2.78.